The van der Waals surface area contributed by atoms with Gasteiger partial charge in [0.25, 0.3) is 0 Å². The van der Waals surface area contributed by atoms with Crippen molar-refractivity contribution < 1.29 is 9.90 Å². The minimum atomic E-state index is -0.367. The molecule has 2 aliphatic rings. The molecular formula is C17H22BrNO2. The maximum Gasteiger partial charge on any atom is 0.233 e. The first kappa shape index (κ1) is 15.0. The second-order valence-electron chi connectivity index (χ2n) is 6.42. The van der Waals surface area contributed by atoms with Crippen molar-refractivity contribution in [2.75, 3.05) is 7.05 Å². The minimum Gasteiger partial charge on any atom is -0.391 e. The molecule has 0 radical (unpaired) electrons. The maximum atomic E-state index is 13.0. The molecule has 2 unspecified atom stereocenters. The van der Waals surface area contributed by atoms with Gasteiger partial charge >= 0.3 is 0 Å². The number of hydrogen-bond donors (Lipinski definition) is 1. The van der Waals surface area contributed by atoms with E-state index in [1.54, 1.807) is 0 Å². The van der Waals surface area contributed by atoms with Crippen LogP contribution in [0, 0.1) is 0 Å². The summed E-state index contributed by atoms with van der Waals surface area (Å²) < 4.78 is 1.03. The summed E-state index contributed by atoms with van der Waals surface area (Å²) in [6.07, 6.45) is 5.37. The van der Waals surface area contributed by atoms with Gasteiger partial charge in [-0.25, -0.2) is 0 Å². The molecule has 2 aliphatic carbocycles. The summed E-state index contributed by atoms with van der Waals surface area (Å²) in [5.74, 6) is 0.177. The Balaban J connectivity index is 1.79. The number of likely N-dealkylation sites (N-methyl/N-ethyl adjacent to an activating group) is 1. The highest BCUT2D eigenvalue weighted by molar-refractivity contribution is 9.10. The van der Waals surface area contributed by atoms with Crippen LogP contribution < -0.4 is 0 Å². The molecule has 0 spiro atoms. The minimum absolute atomic E-state index is 0.0147. The fourth-order valence-electron chi connectivity index (χ4n) is 3.55. The maximum absolute atomic E-state index is 13.0. The van der Waals surface area contributed by atoms with Gasteiger partial charge in [-0.15, -0.1) is 0 Å². The van der Waals surface area contributed by atoms with Crippen LogP contribution in [0.1, 0.15) is 44.1 Å². The SMILES string of the molecule is CN(C(=O)C1(c2ccc(Br)cc2)CC1)C1CCCCC1O. The Labute approximate surface area is 134 Å². The Morgan fingerprint density at radius 3 is 2.43 bits per heavy atom. The summed E-state index contributed by atoms with van der Waals surface area (Å²) >= 11 is 3.44. The standard InChI is InChI=1S/C17H22BrNO2/c1-19(14-4-2-3-5-15(14)20)16(21)17(10-11-17)12-6-8-13(18)9-7-12/h6-9,14-15,20H,2-5,10-11H2,1H3. The third-order valence-electron chi connectivity index (χ3n) is 5.07. The Hall–Kier alpha value is -0.870. The zero-order valence-electron chi connectivity index (χ0n) is 12.4. The molecule has 0 bridgehead atoms. The van der Waals surface area contributed by atoms with Crippen molar-refractivity contribution in [1.82, 2.24) is 4.90 Å². The van der Waals surface area contributed by atoms with Crippen LogP contribution >= 0.6 is 15.9 Å². The lowest BCUT2D eigenvalue weighted by molar-refractivity contribution is -0.138. The Morgan fingerprint density at radius 1 is 1.24 bits per heavy atom. The lowest BCUT2D eigenvalue weighted by Gasteiger charge is -2.37. The van der Waals surface area contributed by atoms with E-state index in [-0.39, 0.29) is 23.5 Å². The molecule has 1 aromatic carbocycles. The number of aliphatic hydroxyl groups excluding tert-OH is 1. The van der Waals surface area contributed by atoms with E-state index in [9.17, 15) is 9.90 Å². The number of nitrogens with zero attached hydrogens (tertiary/aromatic N) is 1. The van der Waals surface area contributed by atoms with E-state index < -0.39 is 0 Å². The van der Waals surface area contributed by atoms with Crippen molar-refractivity contribution in [2.45, 2.75) is 56.1 Å². The summed E-state index contributed by atoms with van der Waals surface area (Å²) in [7, 11) is 1.86. The largest absolute Gasteiger partial charge is 0.391 e. The van der Waals surface area contributed by atoms with Gasteiger partial charge in [0, 0.05) is 11.5 Å². The number of hydrogen-bond acceptors (Lipinski definition) is 2. The third-order valence-corrected chi connectivity index (χ3v) is 5.60. The number of carbonyl (C=O) groups excluding carboxylic acids is 1. The first-order chi connectivity index (χ1) is 10.0. The molecule has 114 valence electrons. The van der Waals surface area contributed by atoms with Gasteiger partial charge in [-0.2, -0.15) is 0 Å². The Morgan fingerprint density at radius 2 is 1.86 bits per heavy atom. The van der Waals surface area contributed by atoms with Crippen LogP contribution in [0.15, 0.2) is 28.7 Å². The Bertz CT molecular complexity index is 524. The van der Waals surface area contributed by atoms with Crippen LogP contribution in [0.4, 0.5) is 0 Å². The van der Waals surface area contributed by atoms with Crippen LogP contribution in [-0.2, 0) is 10.2 Å². The molecule has 2 atom stereocenters. The number of amides is 1. The van der Waals surface area contributed by atoms with E-state index in [2.05, 4.69) is 15.9 Å². The van der Waals surface area contributed by atoms with Crippen LogP contribution in [0.5, 0.6) is 0 Å². The third kappa shape index (κ3) is 2.76. The smallest absolute Gasteiger partial charge is 0.233 e. The van der Waals surface area contributed by atoms with Gasteiger partial charge in [0.15, 0.2) is 0 Å². The fraction of sp³-hybridized carbons (Fsp3) is 0.588. The summed E-state index contributed by atoms with van der Waals surface area (Å²) in [4.78, 5) is 14.8. The van der Waals surface area contributed by atoms with Crippen LogP contribution in [0.2, 0.25) is 0 Å². The van der Waals surface area contributed by atoms with Gasteiger partial charge in [-0.1, -0.05) is 40.9 Å². The van der Waals surface area contributed by atoms with Crippen molar-refractivity contribution >= 4 is 21.8 Å². The van der Waals surface area contributed by atoms with Gasteiger partial charge in [-0.3, -0.25) is 4.79 Å². The van der Waals surface area contributed by atoms with Gasteiger partial charge in [0.1, 0.15) is 0 Å². The van der Waals surface area contributed by atoms with Gasteiger partial charge in [0.2, 0.25) is 5.91 Å². The zero-order chi connectivity index (χ0) is 15.0. The van der Waals surface area contributed by atoms with Gasteiger partial charge < -0.3 is 10.0 Å². The van der Waals surface area contributed by atoms with Crippen LogP contribution in [0.3, 0.4) is 0 Å². The molecule has 2 saturated carbocycles. The van der Waals surface area contributed by atoms with E-state index in [0.717, 1.165) is 48.6 Å². The number of halogens is 1. The summed E-state index contributed by atoms with van der Waals surface area (Å²) in [6, 6.07) is 8.07. The van der Waals surface area contributed by atoms with Crippen molar-refractivity contribution in [3.05, 3.63) is 34.3 Å². The van der Waals surface area contributed by atoms with Gasteiger partial charge in [0.05, 0.1) is 17.6 Å². The first-order valence-corrected chi connectivity index (χ1v) is 8.55. The molecule has 0 saturated heterocycles. The highest BCUT2D eigenvalue weighted by Gasteiger charge is 2.53. The molecule has 0 aromatic heterocycles. The molecule has 3 rings (SSSR count). The van der Waals surface area contributed by atoms with E-state index >= 15 is 0 Å². The molecule has 3 nitrogen and oxygen atoms in total. The number of carbonyl (C=O) groups is 1. The lowest BCUT2D eigenvalue weighted by atomic mass is 9.89. The molecule has 1 N–H and O–H groups in total. The monoisotopic (exact) mass is 351 g/mol. The van der Waals surface area contributed by atoms with Crippen molar-refractivity contribution in [1.29, 1.82) is 0 Å². The average Bonchev–Trinajstić information content (AvgIpc) is 3.29. The van der Waals surface area contributed by atoms with Gasteiger partial charge in [-0.05, 0) is 43.4 Å². The lowest BCUT2D eigenvalue weighted by Crippen LogP contribution is -2.49. The number of rotatable bonds is 3. The molecule has 2 fully saturated rings. The molecule has 21 heavy (non-hydrogen) atoms. The van der Waals surface area contributed by atoms with Crippen molar-refractivity contribution in [3.8, 4) is 0 Å². The normalized spacial score (nSPS) is 27.2. The van der Waals surface area contributed by atoms with E-state index in [0.29, 0.717) is 0 Å². The van der Waals surface area contributed by atoms with Crippen LogP contribution in [-0.4, -0.2) is 35.1 Å². The Kier molecular flexibility index (Phi) is 4.10. The van der Waals surface area contributed by atoms with E-state index in [4.69, 9.17) is 0 Å². The number of aliphatic hydroxyl groups is 1. The van der Waals surface area contributed by atoms with Crippen molar-refractivity contribution in [3.63, 3.8) is 0 Å². The molecule has 4 heteroatoms. The highest BCUT2D eigenvalue weighted by atomic mass is 79.9. The number of benzene rings is 1. The van der Waals surface area contributed by atoms with E-state index in [1.807, 2.05) is 36.2 Å². The molecule has 0 aliphatic heterocycles. The zero-order valence-corrected chi connectivity index (χ0v) is 14.0. The van der Waals surface area contributed by atoms with Crippen molar-refractivity contribution in [2.24, 2.45) is 0 Å². The molecule has 1 amide bonds. The first-order valence-electron chi connectivity index (χ1n) is 7.76. The highest BCUT2D eigenvalue weighted by Crippen LogP contribution is 2.50. The second kappa shape index (κ2) is 5.73. The molecule has 0 heterocycles. The average molecular weight is 352 g/mol. The summed E-state index contributed by atoms with van der Waals surface area (Å²) in [5.41, 5.74) is 0.764. The fourth-order valence-corrected chi connectivity index (χ4v) is 3.82. The topological polar surface area (TPSA) is 40.5 Å². The second-order valence-corrected chi connectivity index (χ2v) is 7.34. The van der Waals surface area contributed by atoms with E-state index in [1.165, 1.54) is 0 Å². The molecule has 1 aromatic rings. The van der Waals surface area contributed by atoms with Crippen LogP contribution in [0.25, 0.3) is 0 Å². The molecular weight excluding hydrogens is 330 g/mol. The quantitative estimate of drug-likeness (QED) is 0.907. The summed E-state index contributed by atoms with van der Waals surface area (Å²) in [6.45, 7) is 0. The predicted molar refractivity (Wildman–Crippen MR) is 86.1 cm³/mol. The predicted octanol–water partition coefficient (Wildman–Crippen LogP) is 3.24. The summed E-state index contributed by atoms with van der Waals surface area (Å²) in [5, 5.41) is 10.2.